The highest BCUT2D eigenvalue weighted by Gasteiger charge is 2.10. The summed E-state index contributed by atoms with van der Waals surface area (Å²) in [6.07, 6.45) is 1.48. The molecule has 0 saturated carbocycles. The van der Waals surface area contributed by atoms with Gasteiger partial charge in [-0.15, -0.1) is 0 Å². The number of rotatable bonds is 4. The predicted molar refractivity (Wildman–Crippen MR) is 95.9 cm³/mol. The largest absolute Gasteiger partial charge is 0.324 e. The number of carbonyl (C=O) groups is 1. The maximum absolute atomic E-state index is 12.9. The van der Waals surface area contributed by atoms with Crippen LogP contribution in [0, 0.1) is 12.7 Å². The number of hydrogen-bond donors (Lipinski definition) is 2. The third-order valence-corrected chi connectivity index (χ3v) is 3.91. The van der Waals surface area contributed by atoms with Gasteiger partial charge in [0.05, 0.1) is 0 Å². The Morgan fingerprint density at radius 3 is 2.64 bits per heavy atom. The normalized spacial score (nSPS) is 10.4. The molecule has 5 nitrogen and oxygen atoms in total. The van der Waals surface area contributed by atoms with Crippen LogP contribution in [0.1, 0.15) is 16.1 Å². The van der Waals surface area contributed by atoms with E-state index in [-0.39, 0.29) is 17.5 Å². The summed E-state index contributed by atoms with van der Waals surface area (Å²) in [6.45, 7) is 1.87. The Bertz CT molecular complexity index is 915. The SMILES string of the molecule is Cc1c(Cl)cccc1Nc1nccc(C(=O)Nc2ccc(F)cc2)n1. The minimum atomic E-state index is -0.417. The summed E-state index contributed by atoms with van der Waals surface area (Å²) in [4.78, 5) is 20.6. The van der Waals surface area contributed by atoms with Gasteiger partial charge >= 0.3 is 0 Å². The Morgan fingerprint density at radius 1 is 1.12 bits per heavy atom. The van der Waals surface area contributed by atoms with Crippen LogP contribution >= 0.6 is 11.6 Å². The van der Waals surface area contributed by atoms with E-state index >= 15 is 0 Å². The van der Waals surface area contributed by atoms with Gasteiger partial charge in [-0.25, -0.2) is 14.4 Å². The molecule has 0 fully saturated rings. The molecule has 1 aromatic heterocycles. The van der Waals surface area contributed by atoms with E-state index in [1.807, 2.05) is 19.1 Å². The molecule has 25 heavy (non-hydrogen) atoms. The lowest BCUT2D eigenvalue weighted by Gasteiger charge is -2.10. The maximum atomic E-state index is 12.9. The summed E-state index contributed by atoms with van der Waals surface area (Å²) < 4.78 is 12.9. The molecule has 3 aromatic rings. The monoisotopic (exact) mass is 356 g/mol. The van der Waals surface area contributed by atoms with Crippen molar-refractivity contribution in [3.8, 4) is 0 Å². The van der Waals surface area contributed by atoms with E-state index in [1.54, 1.807) is 6.07 Å². The number of benzene rings is 2. The highest BCUT2D eigenvalue weighted by atomic mass is 35.5. The molecule has 0 unspecified atom stereocenters. The zero-order chi connectivity index (χ0) is 17.8. The second-order valence-electron chi connectivity index (χ2n) is 5.26. The lowest BCUT2D eigenvalue weighted by molar-refractivity contribution is 0.102. The summed E-state index contributed by atoms with van der Waals surface area (Å²) in [5, 5.41) is 6.32. The average Bonchev–Trinajstić information content (AvgIpc) is 2.61. The lowest BCUT2D eigenvalue weighted by Crippen LogP contribution is -2.14. The fourth-order valence-corrected chi connectivity index (χ4v) is 2.31. The van der Waals surface area contributed by atoms with Crippen molar-refractivity contribution in [1.82, 2.24) is 9.97 Å². The molecule has 0 saturated heterocycles. The minimum Gasteiger partial charge on any atom is -0.324 e. The van der Waals surface area contributed by atoms with E-state index in [9.17, 15) is 9.18 Å². The molecule has 0 atom stereocenters. The van der Waals surface area contributed by atoms with Gasteiger partial charge in [-0.2, -0.15) is 0 Å². The molecule has 1 heterocycles. The fourth-order valence-electron chi connectivity index (χ4n) is 2.14. The van der Waals surface area contributed by atoms with Crippen molar-refractivity contribution >= 4 is 34.8 Å². The van der Waals surface area contributed by atoms with E-state index < -0.39 is 5.91 Å². The topological polar surface area (TPSA) is 66.9 Å². The lowest BCUT2D eigenvalue weighted by atomic mass is 10.2. The van der Waals surface area contributed by atoms with E-state index in [4.69, 9.17) is 11.6 Å². The van der Waals surface area contributed by atoms with Crippen LogP contribution in [0.25, 0.3) is 0 Å². The highest BCUT2D eigenvalue weighted by Crippen LogP contribution is 2.24. The number of anilines is 3. The number of nitrogens with one attached hydrogen (secondary N) is 2. The first-order chi connectivity index (χ1) is 12.0. The molecule has 3 rings (SSSR count). The van der Waals surface area contributed by atoms with E-state index in [2.05, 4.69) is 20.6 Å². The van der Waals surface area contributed by atoms with Crippen molar-refractivity contribution in [3.05, 3.63) is 76.8 Å². The predicted octanol–water partition coefficient (Wildman–Crippen LogP) is 4.57. The molecule has 126 valence electrons. The van der Waals surface area contributed by atoms with Gasteiger partial charge in [-0.3, -0.25) is 4.79 Å². The van der Waals surface area contributed by atoms with Crippen molar-refractivity contribution in [3.63, 3.8) is 0 Å². The van der Waals surface area contributed by atoms with Crippen molar-refractivity contribution < 1.29 is 9.18 Å². The summed E-state index contributed by atoms with van der Waals surface area (Å²) >= 11 is 6.09. The van der Waals surface area contributed by atoms with E-state index in [0.717, 1.165) is 11.3 Å². The number of nitrogens with zero attached hydrogens (tertiary/aromatic N) is 2. The van der Waals surface area contributed by atoms with Crippen LogP contribution in [0.2, 0.25) is 5.02 Å². The molecule has 2 N–H and O–H groups in total. The van der Waals surface area contributed by atoms with Gasteiger partial charge < -0.3 is 10.6 Å². The Morgan fingerprint density at radius 2 is 1.88 bits per heavy atom. The zero-order valence-electron chi connectivity index (χ0n) is 13.3. The van der Waals surface area contributed by atoms with Crippen LogP contribution in [0.3, 0.4) is 0 Å². The Kier molecular flexibility index (Phi) is 4.90. The van der Waals surface area contributed by atoms with Gasteiger partial charge in [0.15, 0.2) is 0 Å². The van der Waals surface area contributed by atoms with Crippen LogP contribution in [0.4, 0.5) is 21.7 Å². The molecule has 0 aliphatic carbocycles. The maximum Gasteiger partial charge on any atom is 0.274 e. The van der Waals surface area contributed by atoms with Gasteiger partial charge in [0.1, 0.15) is 11.5 Å². The third kappa shape index (κ3) is 4.10. The number of hydrogen-bond acceptors (Lipinski definition) is 4. The van der Waals surface area contributed by atoms with Crippen LogP contribution in [-0.4, -0.2) is 15.9 Å². The van der Waals surface area contributed by atoms with Gasteiger partial charge in [0.2, 0.25) is 5.95 Å². The zero-order valence-corrected chi connectivity index (χ0v) is 14.0. The van der Waals surface area contributed by atoms with Crippen molar-refractivity contribution in [2.24, 2.45) is 0 Å². The number of aromatic nitrogens is 2. The van der Waals surface area contributed by atoms with E-state index in [0.29, 0.717) is 10.7 Å². The first-order valence-electron chi connectivity index (χ1n) is 7.45. The Hall–Kier alpha value is -2.99. The number of carbonyl (C=O) groups excluding carboxylic acids is 1. The summed E-state index contributed by atoms with van der Waals surface area (Å²) in [5.74, 6) is -0.514. The molecule has 1 amide bonds. The second-order valence-corrected chi connectivity index (χ2v) is 5.67. The second kappa shape index (κ2) is 7.27. The molecule has 0 aliphatic rings. The molecular formula is C18H14ClFN4O. The standard InChI is InChI=1S/C18H14ClFN4O/c1-11-14(19)3-2-4-15(11)23-18-21-10-9-16(24-18)17(25)22-13-7-5-12(20)6-8-13/h2-10H,1H3,(H,22,25)(H,21,23,24). The molecule has 7 heteroatoms. The molecule has 2 aromatic carbocycles. The van der Waals surface area contributed by atoms with E-state index in [1.165, 1.54) is 36.5 Å². The summed E-state index contributed by atoms with van der Waals surface area (Å²) in [5.41, 5.74) is 2.27. The first-order valence-corrected chi connectivity index (χ1v) is 7.83. The fraction of sp³-hybridized carbons (Fsp3) is 0.0556. The molecule has 0 spiro atoms. The molecule has 0 radical (unpaired) electrons. The van der Waals surface area contributed by atoms with Gasteiger partial charge in [-0.05, 0) is 55.0 Å². The summed E-state index contributed by atoms with van der Waals surface area (Å²) in [6, 6.07) is 12.4. The molecule has 0 bridgehead atoms. The van der Waals surface area contributed by atoms with Crippen molar-refractivity contribution in [2.45, 2.75) is 6.92 Å². The summed E-state index contributed by atoms with van der Waals surface area (Å²) in [7, 11) is 0. The van der Waals surface area contributed by atoms with Gasteiger partial charge in [0.25, 0.3) is 5.91 Å². The van der Waals surface area contributed by atoms with Gasteiger partial charge in [-0.1, -0.05) is 17.7 Å². The highest BCUT2D eigenvalue weighted by molar-refractivity contribution is 6.31. The average molecular weight is 357 g/mol. The smallest absolute Gasteiger partial charge is 0.274 e. The van der Waals surface area contributed by atoms with Crippen LogP contribution in [0.15, 0.2) is 54.7 Å². The molecule has 0 aliphatic heterocycles. The quantitative estimate of drug-likeness (QED) is 0.718. The minimum absolute atomic E-state index is 0.182. The van der Waals surface area contributed by atoms with Gasteiger partial charge in [0, 0.05) is 22.6 Å². The van der Waals surface area contributed by atoms with Crippen molar-refractivity contribution in [2.75, 3.05) is 10.6 Å². The first kappa shape index (κ1) is 16.9. The number of amides is 1. The Labute approximate surface area is 148 Å². The van der Waals surface area contributed by atoms with Crippen LogP contribution in [0.5, 0.6) is 0 Å². The van der Waals surface area contributed by atoms with Crippen LogP contribution < -0.4 is 10.6 Å². The van der Waals surface area contributed by atoms with Crippen molar-refractivity contribution in [1.29, 1.82) is 0 Å². The van der Waals surface area contributed by atoms with Crippen LogP contribution in [-0.2, 0) is 0 Å². The third-order valence-electron chi connectivity index (χ3n) is 3.50. The molecular weight excluding hydrogens is 343 g/mol. The number of halogens is 2. The Balaban J connectivity index is 1.77.